The molecule has 38 heavy (non-hydrogen) atoms. The lowest BCUT2D eigenvalue weighted by atomic mass is 9.74. The summed E-state index contributed by atoms with van der Waals surface area (Å²) in [6.45, 7) is 3.07. The topological polar surface area (TPSA) is 136 Å². The Labute approximate surface area is 223 Å². The number of hydrogen-bond acceptors (Lipinski definition) is 8. The number of aromatic nitrogens is 2. The van der Waals surface area contributed by atoms with Crippen LogP contribution in [0.2, 0.25) is 0 Å². The summed E-state index contributed by atoms with van der Waals surface area (Å²) >= 11 is 0.855. The summed E-state index contributed by atoms with van der Waals surface area (Å²) in [5.74, 6) is -2.05. The van der Waals surface area contributed by atoms with E-state index in [2.05, 4.69) is 15.3 Å². The Morgan fingerprint density at radius 1 is 1.18 bits per heavy atom. The monoisotopic (exact) mass is 543 g/mol. The molecule has 2 aromatic heterocycles. The highest BCUT2D eigenvalue weighted by molar-refractivity contribution is 7.19. The molecule has 1 saturated heterocycles. The summed E-state index contributed by atoms with van der Waals surface area (Å²) in [4.78, 5) is 21.5. The van der Waals surface area contributed by atoms with Gasteiger partial charge in [0.05, 0.1) is 23.6 Å². The first-order chi connectivity index (χ1) is 18.2. The van der Waals surface area contributed by atoms with E-state index in [-0.39, 0.29) is 45.1 Å². The molecule has 1 aromatic carbocycles. The summed E-state index contributed by atoms with van der Waals surface area (Å²) in [6.07, 6.45) is 5.26. The molecule has 3 heterocycles. The molecule has 2 aliphatic rings. The van der Waals surface area contributed by atoms with Crippen LogP contribution in [-0.4, -0.2) is 46.3 Å². The Balaban J connectivity index is 1.38. The first kappa shape index (κ1) is 26.6. The number of halogens is 2. The van der Waals surface area contributed by atoms with Crippen LogP contribution in [0.25, 0.3) is 10.6 Å². The second kappa shape index (κ2) is 11.0. The molecular weight excluding hydrogens is 512 g/mol. The third-order valence-electron chi connectivity index (χ3n) is 7.62. The minimum atomic E-state index is -0.744. The number of amides is 1. The minimum Gasteiger partial charge on any atom is -0.391 e. The molecule has 1 saturated carbocycles. The third kappa shape index (κ3) is 5.28. The van der Waals surface area contributed by atoms with Gasteiger partial charge in [0.25, 0.3) is 5.91 Å². The number of ether oxygens (including phenoxy) is 1. The van der Waals surface area contributed by atoms with Crippen molar-refractivity contribution in [2.75, 3.05) is 24.3 Å². The van der Waals surface area contributed by atoms with Crippen LogP contribution in [0.4, 0.5) is 19.5 Å². The summed E-state index contributed by atoms with van der Waals surface area (Å²) in [6, 6.07) is 4.11. The maximum absolute atomic E-state index is 15.1. The molecule has 11 heteroatoms. The number of rotatable bonds is 5. The van der Waals surface area contributed by atoms with E-state index in [1.807, 2.05) is 13.0 Å². The Morgan fingerprint density at radius 2 is 1.89 bits per heavy atom. The van der Waals surface area contributed by atoms with Gasteiger partial charge >= 0.3 is 0 Å². The van der Waals surface area contributed by atoms with Crippen molar-refractivity contribution in [2.45, 2.75) is 56.6 Å². The van der Waals surface area contributed by atoms with Gasteiger partial charge in [0.2, 0.25) is 0 Å². The van der Waals surface area contributed by atoms with Gasteiger partial charge in [-0.25, -0.2) is 13.8 Å². The van der Waals surface area contributed by atoms with Gasteiger partial charge in [-0.15, -0.1) is 0 Å². The number of pyridine rings is 1. The first-order valence-corrected chi connectivity index (χ1v) is 13.6. The number of nitrogen functional groups attached to an aromatic ring is 1. The van der Waals surface area contributed by atoms with E-state index in [9.17, 15) is 9.90 Å². The molecule has 1 aliphatic heterocycles. The minimum absolute atomic E-state index is 0.000150. The van der Waals surface area contributed by atoms with E-state index >= 15 is 8.78 Å². The summed E-state index contributed by atoms with van der Waals surface area (Å²) in [5, 5.41) is 13.1. The van der Waals surface area contributed by atoms with Gasteiger partial charge in [-0.2, -0.15) is 0 Å². The van der Waals surface area contributed by atoms with E-state index in [1.54, 1.807) is 6.20 Å². The Morgan fingerprint density at radius 3 is 2.58 bits per heavy atom. The molecule has 4 atom stereocenters. The zero-order valence-corrected chi connectivity index (χ0v) is 21.8. The molecule has 0 radical (unpaired) electrons. The predicted octanol–water partition coefficient (Wildman–Crippen LogP) is 4.41. The van der Waals surface area contributed by atoms with E-state index in [1.165, 1.54) is 18.3 Å². The lowest BCUT2D eigenvalue weighted by Crippen LogP contribution is -2.44. The lowest BCUT2D eigenvalue weighted by Gasteiger charge is -2.36. The molecule has 0 bridgehead atoms. The SMILES string of the molecule is CC1CC(c2ccncc2NC(=O)c2nc(-c3c(F)cc(C4CCOCC4)cc3F)sc2N)CC(N)C1O. The molecule has 4 unspecified atom stereocenters. The average Bonchev–Trinajstić information content (AvgIpc) is 3.28. The van der Waals surface area contributed by atoms with E-state index in [4.69, 9.17) is 16.2 Å². The highest BCUT2D eigenvalue weighted by atomic mass is 32.1. The fourth-order valence-corrected chi connectivity index (χ4v) is 6.42. The van der Waals surface area contributed by atoms with Crippen LogP contribution >= 0.6 is 11.3 Å². The van der Waals surface area contributed by atoms with Gasteiger partial charge < -0.3 is 26.6 Å². The van der Waals surface area contributed by atoms with Crippen molar-refractivity contribution < 1.29 is 23.4 Å². The Kier molecular flexibility index (Phi) is 7.71. The number of anilines is 2. The van der Waals surface area contributed by atoms with E-state index in [0.29, 0.717) is 50.1 Å². The Bertz CT molecular complexity index is 1290. The summed E-state index contributed by atoms with van der Waals surface area (Å²) in [7, 11) is 0. The summed E-state index contributed by atoms with van der Waals surface area (Å²) in [5.41, 5.74) is 13.7. The highest BCUT2D eigenvalue weighted by Gasteiger charge is 2.34. The molecule has 0 spiro atoms. The van der Waals surface area contributed by atoms with Crippen LogP contribution in [0.15, 0.2) is 30.6 Å². The maximum Gasteiger partial charge on any atom is 0.277 e. The van der Waals surface area contributed by atoms with Crippen LogP contribution in [0, 0.1) is 17.6 Å². The molecule has 3 aromatic rings. The van der Waals surface area contributed by atoms with E-state index in [0.717, 1.165) is 16.9 Å². The third-order valence-corrected chi connectivity index (χ3v) is 8.52. The van der Waals surface area contributed by atoms with Gasteiger partial charge in [-0.05, 0) is 72.8 Å². The van der Waals surface area contributed by atoms with Crippen LogP contribution in [0.5, 0.6) is 0 Å². The molecule has 8 nitrogen and oxygen atoms in total. The lowest BCUT2D eigenvalue weighted by molar-refractivity contribution is 0.0521. The van der Waals surface area contributed by atoms with Gasteiger partial charge in [0.1, 0.15) is 21.6 Å². The number of aliphatic hydroxyl groups excluding tert-OH is 1. The first-order valence-electron chi connectivity index (χ1n) is 12.7. The fourth-order valence-electron chi connectivity index (χ4n) is 5.54. The van der Waals surface area contributed by atoms with Crippen molar-refractivity contribution in [1.29, 1.82) is 0 Å². The van der Waals surface area contributed by atoms with Gasteiger partial charge in [0.15, 0.2) is 5.69 Å². The smallest absolute Gasteiger partial charge is 0.277 e. The number of carbonyl (C=O) groups excluding carboxylic acids is 1. The normalized spacial score (nSPS) is 24.3. The van der Waals surface area contributed by atoms with Crippen molar-refractivity contribution in [1.82, 2.24) is 9.97 Å². The van der Waals surface area contributed by atoms with Crippen LogP contribution < -0.4 is 16.8 Å². The molecule has 5 rings (SSSR count). The molecule has 1 aliphatic carbocycles. The molecule has 1 amide bonds. The van der Waals surface area contributed by atoms with Crippen molar-refractivity contribution in [3.05, 3.63) is 59.0 Å². The molecule has 2 fully saturated rings. The van der Waals surface area contributed by atoms with Crippen LogP contribution in [-0.2, 0) is 4.74 Å². The number of nitrogens with one attached hydrogen (secondary N) is 1. The van der Waals surface area contributed by atoms with Gasteiger partial charge in [0, 0.05) is 25.5 Å². The number of thiazole rings is 1. The number of aliphatic hydroxyl groups is 1. The quantitative estimate of drug-likeness (QED) is 0.374. The van der Waals surface area contributed by atoms with E-state index < -0.39 is 23.6 Å². The van der Waals surface area contributed by atoms with Crippen LogP contribution in [0.1, 0.15) is 66.1 Å². The molecular formula is C27H31F2N5O3S. The molecule has 202 valence electrons. The Hall–Kier alpha value is -2.99. The maximum atomic E-state index is 15.1. The number of nitrogens with zero attached hydrogens (tertiary/aromatic N) is 2. The zero-order valence-electron chi connectivity index (χ0n) is 21.0. The second-order valence-electron chi connectivity index (χ2n) is 10.2. The predicted molar refractivity (Wildman–Crippen MR) is 142 cm³/mol. The van der Waals surface area contributed by atoms with Crippen molar-refractivity contribution in [3.63, 3.8) is 0 Å². The number of carbonyl (C=O) groups is 1. The largest absolute Gasteiger partial charge is 0.391 e. The van der Waals surface area contributed by atoms with Crippen molar-refractivity contribution in [2.24, 2.45) is 11.7 Å². The molecule has 6 N–H and O–H groups in total. The number of hydrogen-bond donors (Lipinski definition) is 4. The number of nitrogens with two attached hydrogens (primary N) is 2. The van der Waals surface area contributed by atoms with Gasteiger partial charge in [-0.1, -0.05) is 18.3 Å². The fraction of sp³-hybridized carbons (Fsp3) is 0.444. The van der Waals surface area contributed by atoms with Crippen molar-refractivity contribution in [3.8, 4) is 10.6 Å². The number of benzene rings is 1. The zero-order chi connectivity index (χ0) is 27.0. The van der Waals surface area contributed by atoms with Crippen molar-refractivity contribution >= 4 is 27.9 Å². The standard InChI is InChI=1S/C27H31F2N5O3S/c1-13-8-16(11-20(30)24(13)35)17-2-5-32-12-21(17)33-26(36)23-25(31)38-27(34-23)22-18(28)9-15(10-19(22)29)14-3-6-37-7-4-14/h2,5,9-10,12-14,16,20,24,35H,3-4,6-8,11,30-31H2,1H3,(H,33,36). The summed E-state index contributed by atoms with van der Waals surface area (Å²) < 4.78 is 35.6. The second-order valence-corrected chi connectivity index (χ2v) is 11.2. The average molecular weight is 544 g/mol. The van der Waals surface area contributed by atoms with Gasteiger partial charge in [-0.3, -0.25) is 9.78 Å². The highest BCUT2D eigenvalue weighted by Crippen LogP contribution is 2.40. The van der Waals surface area contributed by atoms with Crippen LogP contribution in [0.3, 0.4) is 0 Å².